The number of nitrogens with zero attached hydrogens (tertiary/aromatic N) is 2. The lowest BCUT2D eigenvalue weighted by atomic mass is 10.2. The number of carbonyl (C=O) groups is 2. The Bertz CT molecular complexity index is 1060. The molecule has 2 aromatic carbocycles. The standard InChI is InChI=1S/C18H13Cl2N3O7/c1-10(18(25)21-15-9-12(22(26)27)4-6-13(15)19)30-17(24)7-3-11-2-5-14(20)16(8-11)23(28)29/h2-10H,1H3,(H,21,25)/b7-3+. The smallest absolute Gasteiger partial charge is 0.331 e. The van der Waals surface area contributed by atoms with Crippen LogP contribution >= 0.6 is 23.2 Å². The fraction of sp³-hybridized carbons (Fsp3) is 0.111. The number of anilines is 1. The third kappa shape index (κ3) is 6.00. The summed E-state index contributed by atoms with van der Waals surface area (Å²) in [7, 11) is 0. The van der Waals surface area contributed by atoms with E-state index in [1.165, 1.54) is 43.3 Å². The van der Waals surface area contributed by atoms with Crippen molar-refractivity contribution in [2.75, 3.05) is 5.32 Å². The summed E-state index contributed by atoms with van der Waals surface area (Å²) in [6.07, 6.45) is 0.988. The van der Waals surface area contributed by atoms with Crippen LogP contribution < -0.4 is 5.32 Å². The van der Waals surface area contributed by atoms with Gasteiger partial charge in [0.15, 0.2) is 6.10 Å². The van der Waals surface area contributed by atoms with Gasteiger partial charge in [-0.3, -0.25) is 25.0 Å². The Hall–Kier alpha value is -3.50. The highest BCUT2D eigenvalue weighted by Gasteiger charge is 2.19. The van der Waals surface area contributed by atoms with Crippen molar-refractivity contribution < 1.29 is 24.2 Å². The first-order valence-corrected chi connectivity index (χ1v) is 8.91. The summed E-state index contributed by atoms with van der Waals surface area (Å²) in [5.41, 5.74) is -0.292. The van der Waals surface area contributed by atoms with Gasteiger partial charge in [-0.1, -0.05) is 29.3 Å². The minimum absolute atomic E-state index is 0.0113. The molecule has 2 rings (SSSR count). The Labute approximate surface area is 179 Å². The quantitative estimate of drug-likeness (QED) is 0.283. The number of carbonyl (C=O) groups excluding carboxylic acids is 2. The van der Waals surface area contributed by atoms with Crippen LogP contribution in [0.15, 0.2) is 42.5 Å². The largest absolute Gasteiger partial charge is 0.449 e. The second-order valence-corrected chi connectivity index (χ2v) is 6.61. The molecule has 1 unspecified atom stereocenters. The summed E-state index contributed by atoms with van der Waals surface area (Å²) in [5, 5.41) is 24.1. The Balaban J connectivity index is 2.02. The van der Waals surface area contributed by atoms with Crippen LogP contribution in [-0.2, 0) is 14.3 Å². The van der Waals surface area contributed by atoms with Gasteiger partial charge in [-0.2, -0.15) is 0 Å². The van der Waals surface area contributed by atoms with E-state index in [1.807, 2.05) is 0 Å². The van der Waals surface area contributed by atoms with Gasteiger partial charge in [0.25, 0.3) is 17.3 Å². The molecule has 0 spiro atoms. The van der Waals surface area contributed by atoms with Gasteiger partial charge in [0.1, 0.15) is 5.02 Å². The minimum Gasteiger partial charge on any atom is -0.449 e. The molecule has 0 fully saturated rings. The minimum atomic E-state index is -1.25. The zero-order valence-corrected chi connectivity index (χ0v) is 16.7. The first-order valence-electron chi connectivity index (χ1n) is 8.16. The molecule has 0 saturated heterocycles. The van der Waals surface area contributed by atoms with E-state index >= 15 is 0 Å². The summed E-state index contributed by atoms with van der Waals surface area (Å²) in [6.45, 7) is 1.29. The molecule has 0 radical (unpaired) electrons. The molecule has 156 valence electrons. The van der Waals surface area contributed by atoms with Crippen molar-refractivity contribution in [1.29, 1.82) is 0 Å². The normalized spacial score (nSPS) is 11.7. The predicted octanol–water partition coefficient (Wildman–Crippen LogP) is 4.39. The zero-order chi connectivity index (χ0) is 22.4. The fourth-order valence-corrected chi connectivity index (χ4v) is 2.51. The Morgan fingerprint density at radius 2 is 1.73 bits per heavy atom. The van der Waals surface area contributed by atoms with Crippen LogP contribution in [0.5, 0.6) is 0 Å². The van der Waals surface area contributed by atoms with E-state index in [4.69, 9.17) is 27.9 Å². The number of hydrogen-bond acceptors (Lipinski definition) is 7. The number of ether oxygens (including phenoxy) is 1. The van der Waals surface area contributed by atoms with E-state index in [0.29, 0.717) is 5.56 Å². The van der Waals surface area contributed by atoms with E-state index in [-0.39, 0.29) is 27.1 Å². The maximum atomic E-state index is 12.2. The number of hydrogen-bond donors (Lipinski definition) is 1. The first kappa shape index (κ1) is 22.8. The van der Waals surface area contributed by atoms with E-state index in [9.17, 15) is 29.8 Å². The van der Waals surface area contributed by atoms with Crippen molar-refractivity contribution in [3.8, 4) is 0 Å². The van der Waals surface area contributed by atoms with E-state index in [0.717, 1.165) is 12.1 Å². The molecule has 1 amide bonds. The lowest BCUT2D eigenvalue weighted by Crippen LogP contribution is -2.29. The molecule has 0 aliphatic heterocycles. The molecule has 0 bridgehead atoms. The number of nitro benzene ring substituents is 2. The number of nitrogens with one attached hydrogen (secondary N) is 1. The van der Waals surface area contributed by atoms with Gasteiger partial charge >= 0.3 is 5.97 Å². The predicted molar refractivity (Wildman–Crippen MR) is 109 cm³/mol. The molecule has 0 aromatic heterocycles. The van der Waals surface area contributed by atoms with Crippen LogP contribution in [0.4, 0.5) is 17.1 Å². The van der Waals surface area contributed by atoms with Gasteiger partial charge in [-0.15, -0.1) is 0 Å². The lowest BCUT2D eigenvalue weighted by Gasteiger charge is -2.13. The van der Waals surface area contributed by atoms with Crippen LogP contribution in [-0.4, -0.2) is 27.8 Å². The Morgan fingerprint density at radius 1 is 1.07 bits per heavy atom. The van der Waals surface area contributed by atoms with Gasteiger partial charge in [0, 0.05) is 24.3 Å². The maximum Gasteiger partial charge on any atom is 0.331 e. The second kappa shape index (κ2) is 9.81. The molecular weight excluding hydrogens is 441 g/mol. The van der Waals surface area contributed by atoms with Gasteiger partial charge in [0.05, 0.1) is 20.6 Å². The van der Waals surface area contributed by atoms with Crippen molar-refractivity contribution >= 4 is 58.2 Å². The lowest BCUT2D eigenvalue weighted by molar-refractivity contribution is -0.384. The molecule has 1 N–H and O–H groups in total. The highest BCUT2D eigenvalue weighted by atomic mass is 35.5. The molecule has 0 aliphatic rings. The first-order chi connectivity index (χ1) is 14.1. The summed E-state index contributed by atoms with van der Waals surface area (Å²) in [5.74, 6) is -1.65. The second-order valence-electron chi connectivity index (χ2n) is 5.79. The Kier molecular flexibility index (Phi) is 7.45. The van der Waals surface area contributed by atoms with Crippen molar-refractivity contribution in [2.45, 2.75) is 13.0 Å². The maximum absolute atomic E-state index is 12.2. The number of nitro groups is 2. The Morgan fingerprint density at radius 3 is 2.37 bits per heavy atom. The topological polar surface area (TPSA) is 142 Å². The monoisotopic (exact) mass is 453 g/mol. The van der Waals surface area contributed by atoms with Crippen molar-refractivity contribution in [3.05, 3.63) is 78.3 Å². The molecule has 12 heteroatoms. The van der Waals surface area contributed by atoms with Crippen LogP contribution in [0.2, 0.25) is 10.0 Å². The van der Waals surface area contributed by atoms with Crippen LogP contribution in [0.25, 0.3) is 6.08 Å². The number of benzene rings is 2. The molecule has 1 atom stereocenters. The van der Waals surface area contributed by atoms with Crippen LogP contribution in [0, 0.1) is 20.2 Å². The molecule has 30 heavy (non-hydrogen) atoms. The summed E-state index contributed by atoms with van der Waals surface area (Å²) < 4.78 is 4.95. The fourth-order valence-electron chi connectivity index (χ4n) is 2.16. The van der Waals surface area contributed by atoms with Gasteiger partial charge in [-0.05, 0) is 30.7 Å². The van der Waals surface area contributed by atoms with Crippen molar-refractivity contribution in [1.82, 2.24) is 0 Å². The average molecular weight is 454 g/mol. The number of rotatable bonds is 7. The molecular formula is C18H13Cl2N3O7. The summed E-state index contributed by atoms with van der Waals surface area (Å²) in [6, 6.07) is 7.44. The summed E-state index contributed by atoms with van der Waals surface area (Å²) in [4.78, 5) is 44.5. The van der Waals surface area contributed by atoms with Gasteiger partial charge < -0.3 is 10.1 Å². The van der Waals surface area contributed by atoms with E-state index < -0.39 is 27.8 Å². The number of esters is 1. The molecule has 10 nitrogen and oxygen atoms in total. The highest BCUT2D eigenvalue weighted by molar-refractivity contribution is 6.34. The number of amides is 1. The molecule has 0 aliphatic carbocycles. The number of non-ortho nitro benzene ring substituents is 1. The van der Waals surface area contributed by atoms with E-state index in [2.05, 4.69) is 5.32 Å². The van der Waals surface area contributed by atoms with Crippen molar-refractivity contribution in [3.63, 3.8) is 0 Å². The SMILES string of the molecule is CC(OC(=O)/C=C/c1ccc(Cl)c([N+](=O)[O-])c1)C(=O)Nc1cc([N+](=O)[O-])ccc1Cl. The van der Waals surface area contributed by atoms with Gasteiger partial charge in [0.2, 0.25) is 0 Å². The van der Waals surface area contributed by atoms with E-state index in [1.54, 1.807) is 0 Å². The zero-order valence-electron chi connectivity index (χ0n) is 15.2. The van der Waals surface area contributed by atoms with Crippen molar-refractivity contribution in [2.24, 2.45) is 0 Å². The average Bonchev–Trinajstić information content (AvgIpc) is 2.68. The van der Waals surface area contributed by atoms with Crippen LogP contribution in [0.1, 0.15) is 12.5 Å². The van der Waals surface area contributed by atoms with Gasteiger partial charge in [-0.25, -0.2) is 4.79 Å². The summed E-state index contributed by atoms with van der Waals surface area (Å²) >= 11 is 11.6. The highest BCUT2D eigenvalue weighted by Crippen LogP contribution is 2.27. The molecule has 0 heterocycles. The van der Waals surface area contributed by atoms with Crippen LogP contribution in [0.3, 0.4) is 0 Å². The molecule has 0 saturated carbocycles. The third-order valence-corrected chi connectivity index (χ3v) is 4.31. The third-order valence-electron chi connectivity index (χ3n) is 3.66. The molecule has 2 aromatic rings. The number of halogens is 2.